The van der Waals surface area contributed by atoms with E-state index in [1.54, 1.807) is 24.3 Å². The lowest BCUT2D eigenvalue weighted by Crippen LogP contribution is -2.31. The van der Waals surface area contributed by atoms with Crippen LogP contribution in [0.25, 0.3) is 0 Å². The number of carboxylic acids is 1. The fourth-order valence-corrected chi connectivity index (χ4v) is 2.04. The Morgan fingerprint density at radius 1 is 1.33 bits per heavy atom. The van der Waals surface area contributed by atoms with E-state index in [2.05, 4.69) is 15.5 Å². The normalized spacial score (nSPS) is 11.9. The van der Waals surface area contributed by atoms with E-state index in [1.165, 1.54) is 6.92 Å². The van der Waals surface area contributed by atoms with E-state index in [-0.39, 0.29) is 23.6 Å². The number of amides is 1. The van der Waals surface area contributed by atoms with E-state index >= 15 is 0 Å². The minimum atomic E-state index is -1.21. The molecule has 2 rings (SSSR count). The number of nitrogens with zero attached hydrogens (tertiary/aromatic N) is 2. The highest BCUT2D eigenvalue weighted by Gasteiger charge is 2.13. The van der Waals surface area contributed by atoms with Gasteiger partial charge in [0.25, 0.3) is 11.1 Å². The summed E-state index contributed by atoms with van der Waals surface area (Å²) in [5.41, 5.74) is 0.525. The summed E-state index contributed by atoms with van der Waals surface area (Å²) in [5.74, 6) is -1.27. The molecular formula is C13H12N3O4S-. The van der Waals surface area contributed by atoms with Gasteiger partial charge in [-0.15, -0.1) is 10.2 Å². The van der Waals surface area contributed by atoms with Crippen molar-refractivity contribution in [1.29, 1.82) is 0 Å². The van der Waals surface area contributed by atoms with Gasteiger partial charge in [-0.3, -0.25) is 4.79 Å². The molecule has 1 atom stereocenters. The monoisotopic (exact) mass is 306 g/mol. The SMILES string of the molecule is C[C@H](Sc1nnc(CNC(=O)c2ccccc2)o1)C(=O)[O-]. The number of hydrogen-bond acceptors (Lipinski definition) is 7. The standard InChI is InChI=1S/C13H13N3O4S/c1-8(12(18)19)21-13-16-15-10(20-13)7-14-11(17)9-5-3-2-4-6-9/h2-6,8H,7H2,1H3,(H,14,17)(H,18,19)/p-1/t8-/m0/s1. The van der Waals surface area contributed by atoms with E-state index < -0.39 is 11.2 Å². The fourth-order valence-electron chi connectivity index (χ4n) is 1.40. The Bertz CT molecular complexity index is 629. The average Bonchev–Trinajstić information content (AvgIpc) is 2.93. The summed E-state index contributed by atoms with van der Waals surface area (Å²) in [7, 11) is 0. The minimum Gasteiger partial charge on any atom is -0.549 e. The largest absolute Gasteiger partial charge is 0.549 e. The first-order valence-corrected chi connectivity index (χ1v) is 6.97. The summed E-state index contributed by atoms with van der Waals surface area (Å²) in [6.07, 6.45) is 0. The number of aliphatic carboxylic acids is 1. The van der Waals surface area contributed by atoms with Crippen LogP contribution in [-0.2, 0) is 11.3 Å². The van der Waals surface area contributed by atoms with Gasteiger partial charge in [0.15, 0.2) is 0 Å². The van der Waals surface area contributed by atoms with Crippen molar-refractivity contribution in [1.82, 2.24) is 15.5 Å². The van der Waals surface area contributed by atoms with Gasteiger partial charge in [-0.2, -0.15) is 0 Å². The molecule has 0 aliphatic heterocycles. The number of thioether (sulfide) groups is 1. The van der Waals surface area contributed by atoms with Crippen molar-refractivity contribution in [3.8, 4) is 0 Å². The Kier molecular flexibility index (Phi) is 4.94. The van der Waals surface area contributed by atoms with Crippen LogP contribution in [0.2, 0.25) is 0 Å². The van der Waals surface area contributed by atoms with Gasteiger partial charge in [-0.25, -0.2) is 0 Å². The Morgan fingerprint density at radius 3 is 2.71 bits per heavy atom. The van der Waals surface area contributed by atoms with Crippen LogP contribution < -0.4 is 10.4 Å². The lowest BCUT2D eigenvalue weighted by Gasteiger charge is -2.07. The number of rotatable bonds is 6. The van der Waals surface area contributed by atoms with E-state index in [4.69, 9.17) is 4.42 Å². The molecule has 0 radical (unpaired) electrons. The van der Waals surface area contributed by atoms with E-state index in [0.29, 0.717) is 5.56 Å². The molecule has 0 saturated carbocycles. The lowest BCUT2D eigenvalue weighted by atomic mass is 10.2. The van der Waals surface area contributed by atoms with Crippen LogP contribution in [-0.4, -0.2) is 27.3 Å². The molecule has 0 aliphatic carbocycles. The molecule has 0 bridgehead atoms. The summed E-state index contributed by atoms with van der Waals surface area (Å²) in [4.78, 5) is 22.4. The number of benzene rings is 1. The van der Waals surface area contributed by atoms with E-state index in [9.17, 15) is 14.7 Å². The van der Waals surface area contributed by atoms with Crippen LogP contribution in [0.3, 0.4) is 0 Å². The second kappa shape index (κ2) is 6.89. The van der Waals surface area contributed by atoms with Crippen molar-refractivity contribution >= 4 is 23.6 Å². The molecule has 0 aliphatic rings. The Balaban J connectivity index is 1.88. The number of nitrogens with one attached hydrogen (secondary N) is 1. The van der Waals surface area contributed by atoms with Gasteiger partial charge in [0, 0.05) is 5.56 Å². The van der Waals surface area contributed by atoms with Crippen molar-refractivity contribution in [2.75, 3.05) is 0 Å². The Labute approximate surface area is 124 Å². The lowest BCUT2D eigenvalue weighted by molar-refractivity contribution is -0.304. The van der Waals surface area contributed by atoms with Gasteiger partial charge in [0.1, 0.15) is 0 Å². The molecule has 2 aromatic rings. The summed E-state index contributed by atoms with van der Waals surface area (Å²) < 4.78 is 5.23. The zero-order valence-electron chi connectivity index (χ0n) is 11.1. The number of carboxylic acid groups (broad SMARTS) is 1. The summed E-state index contributed by atoms with van der Waals surface area (Å²) in [6, 6.07) is 8.71. The molecule has 7 nitrogen and oxygen atoms in total. The molecule has 21 heavy (non-hydrogen) atoms. The highest BCUT2D eigenvalue weighted by atomic mass is 32.2. The van der Waals surface area contributed by atoms with E-state index in [1.807, 2.05) is 6.07 Å². The molecule has 8 heteroatoms. The topological polar surface area (TPSA) is 108 Å². The minimum absolute atomic E-state index is 0.0704. The van der Waals surface area contributed by atoms with Crippen molar-refractivity contribution in [2.24, 2.45) is 0 Å². The van der Waals surface area contributed by atoms with Gasteiger partial charge >= 0.3 is 0 Å². The van der Waals surface area contributed by atoms with Crippen molar-refractivity contribution in [3.63, 3.8) is 0 Å². The van der Waals surface area contributed by atoms with Gasteiger partial charge in [0.05, 0.1) is 17.8 Å². The maximum Gasteiger partial charge on any atom is 0.277 e. The molecule has 1 N–H and O–H groups in total. The third-order valence-corrected chi connectivity index (χ3v) is 3.41. The number of hydrogen-bond donors (Lipinski definition) is 1. The van der Waals surface area contributed by atoms with E-state index in [0.717, 1.165) is 11.8 Å². The predicted octanol–water partition coefficient (Wildman–Crippen LogP) is 0.230. The smallest absolute Gasteiger partial charge is 0.277 e. The van der Waals surface area contributed by atoms with Gasteiger partial charge in [0.2, 0.25) is 5.89 Å². The summed E-state index contributed by atoms with van der Waals surface area (Å²) >= 11 is 0.888. The second-order valence-electron chi connectivity index (χ2n) is 4.09. The molecule has 1 aromatic carbocycles. The molecule has 1 heterocycles. The average molecular weight is 306 g/mol. The highest BCUT2D eigenvalue weighted by Crippen LogP contribution is 2.21. The highest BCUT2D eigenvalue weighted by molar-refractivity contribution is 8.00. The third kappa shape index (κ3) is 4.32. The zero-order chi connectivity index (χ0) is 15.2. The van der Waals surface area contributed by atoms with Crippen LogP contribution in [0.15, 0.2) is 40.0 Å². The number of aromatic nitrogens is 2. The van der Waals surface area contributed by atoms with Crippen LogP contribution in [0, 0.1) is 0 Å². The molecule has 0 spiro atoms. The maximum atomic E-state index is 11.8. The second-order valence-corrected chi connectivity index (χ2v) is 5.38. The number of carbonyl (C=O) groups is 2. The molecule has 1 amide bonds. The van der Waals surface area contributed by atoms with Gasteiger partial charge in [-0.05, 0) is 19.1 Å². The molecule has 110 valence electrons. The molecule has 0 saturated heterocycles. The molecular weight excluding hydrogens is 294 g/mol. The quantitative estimate of drug-likeness (QED) is 0.761. The summed E-state index contributed by atoms with van der Waals surface area (Å²) in [5, 5.41) is 20.0. The third-order valence-electron chi connectivity index (χ3n) is 2.49. The van der Waals surface area contributed by atoms with Gasteiger partial charge in [-0.1, -0.05) is 30.0 Å². The molecule has 0 unspecified atom stereocenters. The van der Waals surface area contributed by atoms with Gasteiger partial charge < -0.3 is 19.6 Å². The Morgan fingerprint density at radius 2 is 2.05 bits per heavy atom. The van der Waals surface area contributed by atoms with Crippen molar-refractivity contribution in [2.45, 2.75) is 23.9 Å². The van der Waals surface area contributed by atoms with Crippen LogP contribution in [0.5, 0.6) is 0 Å². The molecule has 1 aromatic heterocycles. The predicted molar refractivity (Wildman–Crippen MR) is 72.2 cm³/mol. The first kappa shape index (κ1) is 15.0. The van der Waals surface area contributed by atoms with Crippen molar-refractivity contribution in [3.05, 3.63) is 41.8 Å². The summed E-state index contributed by atoms with van der Waals surface area (Å²) in [6.45, 7) is 1.53. The maximum absolute atomic E-state index is 11.8. The molecule has 0 fully saturated rings. The Hall–Kier alpha value is -2.35. The van der Waals surface area contributed by atoms with Crippen molar-refractivity contribution < 1.29 is 19.1 Å². The zero-order valence-corrected chi connectivity index (χ0v) is 11.9. The van der Waals surface area contributed by atoms with Crippen LogP contribution in [0.1, 0.15) is 23.2 Å². The fraction of sp³-hybridized carbons (Fsp3) is 0.231. The van der Waals surface area contributed by atoms with Crippen LogP contribution >= 0.6 is 11.8 Å². The van der Waals surface area contributed by atoms with Crippen LogP contribution in [0.4, 0.5) is 0 Å². The number of carbonyl (C=O) groups excluding carboxylic acids is 2. The first-order valence-electron chi connectivity index (χ1n) is 6.09. The first-order chi connectivity index (χ1) is 10.1.